The number of benzene rings is 2. The lowest BCUT2D eigenvalue weighted by molar-refractivity contribution is -0.398. The number of carbonyl (C=O) groups excluding carboxylic acids is 1. The van der Waals surface area contributed by atoms with Crippen LogP contribution in [0.15, 0.2) is 41.5 Å². The third-order valence-electron chi connectivity index (χ3n) is 3.06. The van der Waals surface area contributed by atoms with Crippen LogP contribution in [0.25, 0.3) is 0 Å². The van der Waals surface area contributed by atoms with E-state index in [2.05, 4.69) is 10.5 Å². The van der Waals surface area contributed by atoms with Gasteiger partial charge in [-0.25, -0.2) is 5.43 Å². The summed E-state index contributed by atoms with van der Waals surface area (Å²) in [5, 5.41) is 26.3. The van der Waals surface area contributed by atoms with Crippen molar-refractivity contribution in [2.75, 3.05) is 12.8 Å². The molecular weight excluding hydrogens is 316 g/mol. The molecule has 0 bridgehead atoms. The van der Waals surface area contributed by atoms with Crippen LogP contribution in [0.5, 0.6) is 11.5 Å². The van der Waals surface area contributed by atoms with Crippen LogP contribution in [0.4, 0.5) is 11.4 Å². The minimum atomic E-state index is -0.833. The molecule has 2 aromatic rings. The molecule has 9 heteroatoms. The number of nitro groups is 1. The molecule has 0 aliphatic carbocycles. The fourth-order valence-corrected chi connectivity index (χ4v) is 1.90. The lowest BCUT2D eigenvalue weighted by Crippen LogP contribution is -2.19. The van der Waals surface area contributed by atoms with Gasteiger partial charge in [-0.1, -0.05) is 12.1 Å². The van der Waals surface area contributed by atoms with Gasteiger partial charge in [0.15, 0.2) is 0 Å². The first-order valence-electron chi connectivity index (χ1n) is 6.65. The molecule has 2 rings (SSSR count). The van der Waals surface area contributed by atoms with Crippen molar-refractivity contribution >= 4 is 23.5 Å². The van der Waals surface area contributed by atoms with Gasteiger partial charge in [-0.05, 0) is 18.2 Å². The highest BCUT2D eigenvalue weighted by atomic mass is 16.6. The van der Waals surface area contributed by atoms with Gasteiger partial charge in [0, 0.05) is 23.1 Å². The van der Waals surface area contributed by atoms with E-state index < -0.39 is 22.3 Å². The molecule has 0 saturated carbocycles. The quantitative estimate of drug-likeness (QED) is 0.363. The van der Waals surface area contributed by atoms with Crippen LogP contribution < -0.4 is 21.0 Å². The topological polar surface area (TPSA) is 143 Å². The third-order valence-corrected chi connectivity index (χ3v) is 3.06. The average molecular weight is 329 g/mol. The van der Waals surface area contributed by atoms with E-state index >= 15 is 0 Å². The fourth-order valence-electron chi connectivity index (χ4n) is 1.90. The van der Waals surface area contributed by atoms with Crippen LogP contribution >= 0.6 is 0 Å². The molecule has 0 spiro atoms. The Balaban J connectivity index is 2.20. The lowest BCUT2D eigenvalue weighted by Gasteiger charge is -2.12. The monoisotopic (exact) mass is 329 g/mol. The van der Waals surface area contributed by atoms with Crippen molar-refractivity contribution in [2.45, 2.75) is 0 Å². The van der Waals surface area contributed by atoms with Crippen molar-refractivity contribution in [3.63, 3.8) is 0 Å². The van der Waals surface area contributed by atoms with Crippen molar-refractivity contribution < 1.29 is 19.6 Å². The minimum absolute atomic E-state index is 0.190. The van der Waals surface area contributed by atoms with E-state index in [9.17, 15) is 20.0 Å². The van der Waals surface area contributed by atoms with E-state index in [-0.39, 0.29) is 16.9 Å². The van der Waals surface area contributed by atoms with E-state index in [1.807, 2.05) is 0 Å². The summed E-state index contributed by atoms with van der Waals surface area (Å²) in [5.41, 5.74) is 8.04. The highest BCUT2D eigenvalue weighted by Gasteiger charge is 2.13. The molecule has 0 saturated heterocycles. The number of hydrogen-bond acceptors (Lipinski definition) is 7. The number of methoxy groups -OCH3 is 1. The second-order valence-electron chi connectivity index (χ2n) is 4.61. The molecule has 0 aliphatic rings. The van der Waals surface area contributed by atoms with Crippen molar-refractivity contribution in [1.29, 1.82) is 0 Å². The van der Waals surface area contributed by atoms with E-state index in [1.54, 1.807) is 18.2 Å². The summed E-state index contributed by atoms with van der Waals surface area (Å²) in [4.78, 5) is 22.0. The van der Waals surface area contributed by atoms with Crippen LogP contribution in [-0.2, 0) is 0 Å². The van der Waals surface area contributed by atoms with Gasteiger partial charge in [0.2, 0.25) is 0 Å². The van der Waals surface area contributed by atoms with Gasteiger partial charge >= 0.3 is 0 Å². The number of nitro benzene ring substituents is 1. The number of nitrogens with one attached hydrogen (secondary N) is 1. The van der Waals surface area contributed by atoms with Gasteiger partial charge < -0.3 is 15.6 Å². The molecule has 0 atom stereocenters. The van der Waals surface area contributed by atoms with Gasteiger partial charge in [-0.3, -0.25) is 14.9 Å². The maximum Gasteiger partial charge on any atom is 0.273 e. The molecule has 9 nitrogen and oxygen atoms in total. The predicted octanol–water partition coefficient (Wildman–Crippen LogP) is 1.02. The SMILES string of the molecule is COc1cc(C=NNC(=O)c2ccccc2N)cc([N+](=O)[O-])c1[O-]. The summed E-state index contributed by atoms with van der Waals surface area (Å²) >= 11 is 0. The maximum absolute atomic E-state index is 11.9. The number of hydrazone groups is 1. The van der Waals surface area contributed by atoms with E-state index in [0.29, 0.717) is 5.69 Å². The largest absolute Gasteiger partial charge is 0.865 e. The highest BCUT2D eigenvalue weighted by Crippen LogP contribution is 2.33. The second kappa shape index (κ2) is 7.09. The Bertz CT molecular complexity index is 820. The average Bonchev–Trinajstić information content (AvgIpc) is 2.56. The Morgan fingerprint density at radius 2 is 2.08 bits per heavy atom. The highest BCUT2D eigenvalue weighted by molar-refractivity contribution is 5.99. The fraction of sp³-hybridized carbons (Fsp3) is 0.0667. The zero-order valence-corrected chi connectivity index (χ0v) is 12.6. The van der Waals surface area contributed by atoms with E-state index in [1.165, 1.54) is 19.2 Å². The smallest absolute Gasteiger partial charge is 0.273 e. The van der Waals surface area contributed by atoms with Crippen LogP contribution in [0.3, 0.4) is 0 Å². The minimum Gasteiger partial charge on any atom is -0.865 e. The lowest BCUT2D eigenvalue weighted by atomic mass is 10.2. The molecule has 24 heavy (non-hydrogen) atoms. The van der Waals surface area contributed by atoms with Gasteiger partial charge in [0.05, 0.1) is 23.8 Å². The third kappa shape index (κ3) is 3.58. The number of ether oxygens (including phenoxy) is 1. The summed E-state index contributed by atoms with van der Waals surface area (Å²) in [6.45, 7) is 0. The molecule has 1 amide bonds. The van der Waals surface area contributed by atoms with E-state index in [4.69, 9.17) is 10.5 Å². The number of nitrogens with two attached hydrogens (primary N) is 1. The summed E-state index contributed by atoms with van der Waals surface area (Å²) in [7, 11) is 1.22. The first-order valence-corrected chi connectivity index (χ1v) is 6.65. The Morgan fingerprint density at radius 1 is 1.38 bits per heavy atom. The van der Waals surface area contributed by atoms with Crippen LogP contribution in [0, 0.1) is 10.1 Å². The Hall–Kier alpha value is -3.62. The van der Waals surface area contributed by atoms with Crippen molar-refractivity contribution in [2.24, 2.45) is 5.10 Å². The molecule has 0 aromatic heterocycles. The summed E-state index contributed by atoms with van der Waals surface area (Å²) in [6, 6.07) is 8.75. The molecule has 3 N–H and O–H groups in total. The van der Waals surface area contributed by atoms with Gasteiger partial charge in [-0.15, -0.1) is 0 Å². The zero-order valence-electron chi connectivity index (χ0n) is 12.6. The number of para-hydroxylation sites is 1. The molecular formula is C15H13N4O5-. The molecule has 0 radical (unpaired) electrons. The number of nitrogens with zero attached hydrogens (tertiary/aromatic N) is 2. The van der Waals surface area contributed by atoms with Crippen LogP contribution in [0.1, 0.15) is 15.9 Å². The van der Waals surface area contributed by atoms with Crippen LogP contribution in [0.2, 0.25) is 0 Å². The molecule has 2 aromatic carbocycles. The number of carbonyl (C=O) groups is 1. The van der Waals surface area contributed by atoms with E-state index in [0.717, 1.165) is 12.3 Å². The Labute approximate surface area is 136 Å². The molecule has 124 valence electrons. The first-order chi connectivity index (χ1) is 11.4. The number of amides is 1. The normalized spacial score (nSPS) is 10.5. The number of rotatable bonds is 5. The standard InChI is InChI=1S/C15H14N4O5/c1-24-13-7-9(6-12(14(13)20)19(22)23)8-17-18-15(21)10-4-2-3-5-11(10)16/h2-8,20H,16H2,1H3,(H,18,21)/p-1. The van der Waals surface area contributed by atoms with Gasteiger partial charge in [-0.2, -0.15) is 5.10 Å². The predicted molar refractivity (Wildman–Crippen MR) is 85.0 cm³/mol. The number of hydrogen-bond donors (Lipinski definition) is 2. The van der Waals surface area contributed by atoms with Crippen molar-refractivity contribution in [3.8, 4) is 11.5 Å². The second-order valence-corrected chi connectivity index (χ2v) is 4.61. The number of anilines is 1. The maximum atomic E-state index is 11.9. The van der Waals surface area contributed by atoms with Crippen molar-refractivity contribution in [3.05, 3.63) is 57.6 Å². The van der Waals surface area contributed by atoms with Crippen LogP contribution in [-0.4, -0.2) is 24.2 Å². The van der Waals surface area contributed by atoms with Gasteiger partial charge in [0.1, 0.15) is 5.75 Å². The van der Waals surface area contributed by atoms with Gasteiger partial charge in [0.25, 0.3) is 11.6 Å². The number of nitrogen functional groups attached to an aromatic ring is 1. The zero-order chi connectivity index (χ0) is 17.7. The Kier molecular flexibility index (Phi) is 4.95. The summed E-state index contributed by atoms with van der Waals surface area (Å²) in [5.74, 6) is -1.56. The molecule has 0 heterocycles. The molecule has 0 unspecified atom stereocenters. The molecule has 0 fully saturated rings. The van der Waals surface area contributed by atoms with Crippen molar-refractivity contribution in [1.82, 2.24) is 5.43 Å². The summed E-state index contributed by atoms with van der Waals surface area (Å²) in [6.07, 6.45) is 1.16. The Morgan fingerprint density at radius 3 is 2.71 bits per heavy atom. The first kappa shape index (κ1) is 16.7. The summed E-state index contributed by atoms with van der Waals surface area (Å²) < 4.78 is 4.81. The molecule has 0 aliphatic heterocycles.